The highest BCUT2D eigenvalue weighted by Gasteiger charge is 2.30. The normalized spacial score (nSPS) is 25.1. The summed E-state index contributed by atoms with van der Waals surface area (Å²) in [5, 5.41) is 0. The molecule has 1 unspecified atom stereocenters. The Morgan fingerprint density at radius 2 is 2.21 bits per heavy atom. The lowest BCUT2D eigenvalue weighted by molar-refractivity contribution is 0.0755. The third-order valence-electron chi connectivity index (χ3n) is 2.58. The highest BCUT2D eigenvalue weighted by Crippen LogP contribution is 2.20. The van der Waals surface area contributed by atoms with Gasteiger partial charge in [0.15, 0.2) is 0 Å². The molecule has 1 aliphatic rings. The molecule has 0 aromatic carbocycles. The molecule has 1 heterocycles. The molecule has 0 radical (unpaired) electrons. The largest absolute Gasteiger partial charge is 0.303 e. The van der Waals surface area contributed by atoms with E-state index in [9.17, 15) is 8.42 Å². The van der Waals surface area contributed by atoms with Gasteiger partial charge in [-0.3, -0.25) is 0 Å². The molecule has 0 aromatic rings. The predicted octanol–water partition coefficient (Wildman–Crippen LogP) is 0.0809. The van der Waals surface area contributed by atoms with E-state index in [0.29, 0.717) is 13.2 Å². The summed E-state index contributed by atoms with van der Waals surface area (Å²) in [5.41, 5.74) is 0. The van der Waals surface area contributed by atoms with Gasteiger partial charge in [0, 0.05) is 6.54 Å². The van der Waals surface area contributed by atoms with E-state index in [4.69, 9.17) is 5.90 Å². The third-order valence-corrected chi connectivity index (χ3v) is 4.51. The van der Waals surface area contributed by atoms with Crippen molar-refractivity contribution in [2.75, 3.05) is 18.9 Å². The van der Waals surface area contributed by atoms with Crippen molar-refractivity contribution in [1.29, 1.82) is 0 Å². The van der Waals surface area contributed by atoms with Crippen LogP contribution in [-0.4, -0.2) is 37.7 Å². The van der Waals surface area contributed by atoms with Crippen molar-refractivity contribution in [3.8, 4) is 0 Å². The summed E-state index contributed by atoms with van der Waals surface area (Å²) >= 11 is 0. The Kier molecular flexibility index (Phi) is 4.31. The van der Waals surface area contributed by atoms with Gasteiger partial charge in [-0.15, -0.1) is 0 Å². The van der Waals surface area contributed by atoms with Crippen molar-refractivity contribution in [3.05, 3.63) is 0 Å². The summed E-state index contributed by atoms with van der Waals surface area (Å²) < 4.78 is 24.9. The quantitative estimate of drug-likeness (QED) is 0.684. The number of hydrogen-bond acceptors (Lipinski definition) is 4. The number of piperidine rings is 1. The fourth-order valence-electron chi connectivity index (χ4n) is 1.78. The fourth-order valence-corrected chi connectivity index (χ4v) is 3.14. The van der Waals surface area contributed by atoms with Crippen LogP contribution in [0.1, 0.15) is 26.2 Å². The molecule has 0 bridgehead atoms. The van der Waals surface area contributed by atoms with Crippen LogP contribution in [0.2, 0.25) is 0 Å². The first-order chi connectivity index (χ1) is 6.61. The molecule has 1 fully saturated rings. The lowest BCUT2D eigenvalue weighted by Crippen LogP contribution is -2.47. The molecule has 1 rings (SSSR count). The number of nitrogens with zero attached hydrogens (tertiary/aromatic N) is 1. The number of nitrogens with two attached hydrogens (primary N) is 1. The van der Waals surface area contributed by atoms with Crippen LogP contribution in [0.25, 0.3) is 0 Å². The summed E-state index contributed by atoms with van der Waals surface area (Å²) in [6, 6.07) is -0.0706. The van der Waals surface area contributed by atoms with Gasteiger partial charge in [0.05, 0.1) is 18.4 Å². The van der Waals surface area contributed by atoms with Crippen LogP contribution in [-0.2, 0) is 14.9 Å². The van der Waals surface area contributed by atoms with Crippen molar-refractivity contribution < 1.29 is 13.3 Å². The molecule has 0 amide bonds. The zero-order valence-corrected chi connectivity index (χ0v) is 9.29. The first-order valence-corrected chi connectivity index (χ1v) is 6.54. The third kappa shape index (κ3) is 2.66. The van der Waals surface area contributed by atoms with Gasteiger partial charge in [-0.05, 0) is 19.8 Å². The van der Waals surface area contributed by atoms with Gasteiger partial charge in [0.2, 0.25) is 10.0 Å². The van der Waals surface area contributed by atoms with E-state index >= 15 is 0 Å². The molecule has 1 atom stereocenters. The van der Waals surface area contributed by atoms with E-state index in [1.807, 2.05) is 0 Å². The molecule has 0 saturated carbocycles. The second kappa shape index (κ2) is 5.06. The van der Waals surface area contributed by atoms with Crippen molar-refractivity contribution in [1.82, 2.24) is 4.31 Å². The van der Waals surface area contributed by atoms with E-state index < -0.39 is 10.0 Å². The van der Waals surface area contributed by atoms with Crippen LogP contribution >= 0.6 is 0 Å². The molecule has 0 aromatic heterocycles. The molecule has 1 saturated heterocycles. The maximum absolute atomic E-state index is 11.7. The standard InChI is InChI=1S/C8H18N2O3S/c1-2-14(11,12)10-6-4-3-5-8(10)7-13-9/h8H,2-7,9H2,1H3. The minimum atomic E-state index is -3.09. The van der Waals surface area contributed by atoms with Crippen LogP contribution in [0.15, 0.2) is 0 Å². The summed E-state index contributed by atoms with van der Waals surface area (Å²) in [7, 11) is -3.09. The van der Waals surface area contributed by atoms with E-state index in [1.165, 1.54) is 4.31 Å². The van der Waals surface area contributed by atoms with E-state index in [0.717, 1.165) is 19.3 Å². The zero-order valence-electron chi connectivity index (χ0n) is 8.48. The van der Waals surface area contributed by atoms with Crippen molar-refractivity contribution >= 4 is 10.0 Å². The van der Waals surface area contributed by atoms with E-state index in [2.05, 4.69) is 4.84 Å². The molecule has 14 heavy (non-hydrogen) atoms. The highest BCUT2D eigenvalue weighted by molar-refractivity contribution is 7.89. The van der Waals surface area contributed by atoms with Crippen molar-refractivity contribution in [2.45, 2.75) is 32.2 Å². The number of rotatable bonds is 4. The fraction of sp³-hybridized carbons (Fsp3) is 1.00. The maximum Gasteiger partial charge on any atom is 0.214 e. The second-order valence-corrected chi connectivity index (χ2v) is 5.70. The molecular formula is C8H18N2O3S. The summed E-state index contributed by atoms with van der Waals surface area (Å²) in [6.07, 6.45) is 2.82. The molecule has 1 aliphatic heterocycles. The smallest absolute Gasteiger partial charge is 0.214 e. The maximum atomic E-state index is 11.7. The van der Waals surface area contributed by atoms with Crippen molar-refractivity contribution in [2.24, 2.45) is 5.90 Å². The lowest BCUT2D eigenvalue weighted by atomic mass is 10.1. The molecule has 6 heteroatoms. The first kappa shape index (κ1) is 11.9. The summed E-state index contributed by atoms with van der Waals surface area (Å²) in [4.78, 5) is 4.55. The Hall–Kier alpha value is -0.170. The Bertz CT molecular complexity index is 264. The SMILES string of the molecule is CCS(=O)(=O)N1CCCCC1CON. The molecular weight excluding hydrogens is 204 g/mol. The predicted molar refractivity (Wildman–Crippen MR) is 53.9 cm³/mol. The van der Waals surface area contributed by atoms with E-state index in [-0.39, 0.29) is 11.8 Å². The van der Waals surface area contributed by atoms with Crippen LogP contribution in [0.3, 0.4) is 0 Å². The van der Waals surface area contributed by atoms with Gasteiger partial charge in [-0.25, -0.2) is 14.3 Å². The van der Waals surface area contributed by atoms with Gasteiger partial charge < -0.3 is 4.84 Å². The lowest BCUT2D eigenvalue weighted by Gasteiger charge is -2.33. The van der Waals surface area contributed by atoms with E-state index in [1.54, 1.807) is 6.92 Å². The molecule has 2 N–H and O–H groups in total. The van der Waals surface area contributed by atoms with Gasteiger partial charge in [-0.2, -0.15) is 4.31 Å². The van der Waals surface area contributed by atoms with Gasteiger partial charge in [0.1, 0.15) is 0 Å². The molecule has 5 nitrogen and oxygen atoms in total. The topological polar surface area (TPSA) is 72.6 Å². The monoisotopic (exact) mass is 222 g/mol. The van der Waals surface area contributed by atoms with Gasteiger partial charge in [0.25, 0.3) is 0 Å². The second-order valence-electron chi connectivity index (χ2n) is 3.49. The molecule has 84 valence electrons. The minimum Gasteiger partial charge on any atom is -0.303 e. The Labute approximate surface area is 85.2 Å². The Balaban J connectivity index is 2.72. The van der Waals surface area contributed by atoms with Gasteiger partial charge >= 0.3 is 0 Å². The summed E-state index contributed by atoms with van der Waals surface area (Å²) in [5.74, 6) is 5.13. The Morgan fingerprint density at radius 3 is 2.79 bits per heavy atom. The van der Waals surface area contributed by atoms with Crippen molar-refractivity contribution in [3.63, 3.8) is 0 Å². The van der Waals surface area contributed by atoms with Crippen LogP contribution < -0.4 is 5.90 Å². The number of hydrogen-bond donors (Lipinski definition) is 1. The Morgan fingerprint density at radius 1 is 1.50 bits per heavy atom. The zero-order chi connectivity index (χ0) is 10.6. The average molecular weight is 222 g/mol. The van der Waals surface area contributed by atoms with Crippen LogP contribution in [0.4, 0.5) is 0 Å². The molecule has 0 spiro atoms. The van der Waals surface area contributed by atoms with Crippen LogP contribution in [0, 0.1) is 0 Å². The van der Waals surface area contributed by atoms with Gasteiger partial charge in [-0.1, -0.05) is 6.42 Å². The van der Waals surface area contributed by atoms with Crippen LogP contribution in [0.5, 0.6) is 0 Å². The molecule has 0 aliphatic carbocycles. The average Bonchev–Trinajstić information content (AvgIpc) is 2.19. The number of sulfonamides is 1. The highest BCUT2D eigenvalue weighted by atomic mass is 32.2. The minimum absolute atomic E-state index is 0.0706. The summed E-state index contributed by atoms with van der Waals surface area (Å²) in [6.45, 7) is 2.55. The first-order valence-electron chi connectivity index (χ1n) is 4.93.